The Morgan fingerprint density at radius 1 is 1.10 bits per heavy atom. The second-order valence-corrected chi connectivity index (χ2v) is 6.51. The molecular formula is C14H21NO6. The predicted molar refractivity (Wildman–Crippen MR) is 71.5 cm³/mol. The first-order chi connectivity index (χ1) is 9.67. The Morgan fingerprint density at radius 3 is 2.05 bits per heavy atom. The number of hydrogen-bond donors (Lipinski definition) is 1. The van der Waals surface area contributed by atoms with E-state index in [1.807, 2.05) is 0 Å². The van der Waals surface area contributed by atoms with Gasteiger partial charge in [0.15, 0.2) is 0 Å². The number of carbonyl (C=O) groups excluding carboxylic acids is 2. The number of carboxylic acid groups (broad SMARTS) is 1. The molecule has 0 aromatic heterocycles. The van der Waals surface area contributed by atoms with Crippen molar-refractivity contribution < 1.29 is 29.0 Å². The van der Waals surface area contributed by atoms with E-state index in [-0.39, 0.29) is 0 Å². The first-order valence-corrected chi connectivity index (χ1v) is 6.99. The van der Waals surface area contributed by atoms with E-state index in [1.165, 1.54) is 12.0 Å². The standard InChI is InChI=1S/C14H21NO6/c1-14(2,3)21-13(19)15-7-5-6-8(15)10(12(18)20-4)9(7)11(16)17/h7-10H,5-6H2,1-4H3,(H,16,17)/t7-,8+,9+,10-/m0/s1. The highest BCUT2D eigenvalue weighted by molar-refractivity contribution is 5.86. The maximum Gasteiger partial charge on any atom is 0.410 e. The fraction of sp³-hybridized carbons (Fsp3) is 0.786. The van der Waals surface area contributed by atoms with Crippen molar-refractivity contribution in [2.24, 2.45) is 11.8 Å². The Hall–Kier alpha value is -1.79. The molecule has 0 aliphatic carbocycles. The van der Waals surface area contributed by atoms with E-state index in [1.54, 1.807) is 20.8 Å². The summed E-state index contributed by atoms with van der Waals surface area (Å²) in [5.41, 5.74) is -0.668. The number of methoxy groups -OCH3 is 1. The number of carbonyl (C=O) groups is 3. The third-order valence-electron chi connectivity index (χ3n) is 4.05. The summed E-state index contributed by atoms with van der Waals surface area (Å²) < 4.78 is 10.0. The van der Waals surface area contributed by atoms with Crippen molar-refractivity contribution in [3.63, 3.8) is 0 Å². The minimum Gasteiger partial charge on any atom is -0.481 e. The summed E-state index contributed by atoms with van der Waals surface area (Å²) in [6, 6.07) is -0.968. The number of ether oxygens (including phenoxy) is 2. The minimum atomic E-state index is -1.08. The molecule has 7 nitrogen and oxygen atoms in total. The summed E-state index contributed by atoms with van der Waals surface area (Å²) in [5, 5.41) is 9.40. The van der Waals surface area contributed by atoms with Crippen LogP contribution in [-0.2, 0) is 19.1 Å². The van der Waals surface area contributed by atoms with Crippen LogP contribution in [-0.4, -0.2) is 52.8 Å². The lowest BCUT2D eigenvalue weighted by atomic mass is 9.79. The van der Waals surface area contributed by atoms with Gasteiger partial charge in [-0.1, -0.05) is 0 Å². The predicted octanol–water partition coefficient (Wildman–Crippen LogP) is 1.26. The number of hydrogen-bond acceptors (Lipinski definition) is 5. The Bertz CT molecular complexity index is 469. The molecule has 4 atom stereocenters. The summed E-state index contributed by atoms with van der Waals surface area (Å²) in [5.74, 6) is -3.41. The van der Waals surface area contributed by atoms with Gasteiger partial charge in [0, 0.05) is 12.1 Å². The molecule has 0 saturated carbocycles. The molecule has 0 unspecified atom stereocenters. The zero-order chi connectivity index (χ0) is 15.9. The Kier molecular flexibility index (Phi) is 3.86. The zero-order valence-corrected chi connectivity index (χ0v) is 12.7. The summed E-state index contributed by atoms with van der Waals surface area (Å²) in [6.07, 6.45) is 0.592. The molecule has 118 valence electrons. The van der Waals surface area contributed by atoms with E-state index in [0.717, 1.165) is 0 Å². The van der Waals surface area contributed by atoms with Crippen LogP contribution in [0.3, 0.4) is 0 Å². The van der Waals surface area contributed by atoms with E-state index in [4.69, 9.17) is 9.47 Å². The van der Waals surface area contributed by atoms with Crippen LogP contribution in [0.2, 0.25) is 0 Å². The Labute approximate surface area is 123 Å². The number of aliphatic carboxylic acids is 1. The van der Waals surface area contributed by atoms with Crippen molar-refractivity contribution in [1.82, 2.24) is 4.90 Å². The number of nitrogens with zero attached hydrogens (tertiary/aromatic N) is 1. The van der Waals surface area contributed by atoms with Gasteiger partial charge in [-0.05, 0) is 33.6 Å². The maximum atomic E-state index is 12.3. The van der Waals surface area contributed by atoms with Crippen LogP contribution in [0.25, 0.3) is 0 Å². The fourth-order valence-corrected chi connectivity index (χ4v) is 3.39. The van der Waals surface area contributed by atoms with Gasteiger partial charge in [-0.25, -0.2) is 4.79 Å². The van der Waals surface area contributed by atoms with Crippen molar-refractivity contribution in [3.05, 3.63) is 0 Å². The van der Waals surface area contributed by atoms with Crippen molar-refractivity contribution in [2.45, 2.75) is 51.3 Å². The van der Waals surface area contributed by atoms with Crippen molar-refractivity contribution >= 4 is 18.0 Å². The maximum absolute atomic E-state index is 12.3. The summed E-state index contributed by atoms with van der Waals surface area (Å²) in [4.78, 5) is 37.1. The summed E-state index contributed by atoms with van der Waals surface area (Å²) >= 11 is 0. The van der Waals surface area contributed by atoms with Crippen LogP contribution in [0, 0.1) is 11.8 Å². The third-order valence-corrected chi connectivity index (χ3v) is 4.05. The van der Waals surface area contributed by atoms with E-state index in [9.17, 15) is 19.5 Å². The van der Waals surface area contributed by atoms with Crippen molar-refractivity contribution in [1.29, 1.82) is 0 Å². The van der Waals surface area contributed by atoms with Gasteiger partial charge in [0.2, 0.25) is 0 Å². The smallest absolute Gasteiger partial charge is 0.410 e. The van der Waals surface area contributed by atoms with Crippen LogP contribution in [0.15, 0.2) is 0 Å². The average molecular weight is 299 g/mol. The molecule has 0 radical (unpaired) electrons. The SMILES string of the molecule is COC(=O)[C@@H]1[C@H](C(=O)O)[C@@H]2CC[C@H]1N2C(=O)OC(C)(C)C. The molecule has 2 bridgehead atoms. The first-order valence-electron chi connectivity index (χ1n) is 6.99. The Morgan fingerprint density at radius 2 is 1.62 bits per heavy atom. The van der Waals surface area contributed by atoms with Gasteiger partial charge in [0.05, 0.1) is 18.9 Å². The monoisotopic (exact) mass is 299 g/mol. The third kappa shape index (κ3) is 2.69. The second-order valence-electron chi connectivity index (χ2n) is 6.51. The molecule has 2 saturated heterocycles. The molecule has 1 N–H and O–H groups in total. The quantitative estimate of drug-likeness (QED) is 0.772. The van der Waals surface area contributed by atoms with Gasteiger partial charge >= 0.3 is 18.0 Å². The van der Waals surface area contributed by atoms with Gasteiger partial charge in [0.1, 0.15) is 5.60 Å². The van der Waals surface area contributed by atoms with Crippen LogP contribution >= 0.6 is 0 Å². The second kappa shape index (κ2) is 5.20. The Balaban J connectivity index is 2.28. The number of fused-ring (bicyclic) bond motifs is 2. The lowest BCUT2D eigenvalue weighted by molar-refractivity contribution is -0.156. The van der Waals surface area contributed by atoms with E-state index < -0.39 is 47.6 Å². The number of carboxylic acids is 1. The average Bonchev–Trinajstić information content (AvgIpc) is 2.90. The van der Waals surface area contributed by atoms with E-state index in [2.05, 4.69) is 0 Å². The number of amides is 1. The molecule has 0 aromatic carbocycles. The zero-order valence-electron chi connectivity index (χ0n) is 12.7. The molecule has 7 heteroatoms. The van der Waals surface area contributed by atoms with Crippen LogP contribution in [0.5, 0.6) is 0 Å². The van der Waals surface area contributed by atoms with Crippen molar-refractivity contribution in [2.75, 3.05) is 7.11 Å². The molecule has 2 aliphatic heterocycles. The van der Waals surface area contributed by atoms with Crippen LogP contribution in [0.1, 0.15) is 33.6 Å². The van der Waals surface area contributed by atoms with E-state index in [0.29, 0.717) is 12.8 Å². The summed E-state index contributed by atoms with van der Waals surface area (Å²) in [6.45, 7) is 5.24. The largest absolute Gasteiger partial charge is 0.481 e. The molecule has 21 heavy (non-hydrogen) atoms. The molecule has 0 spiro atoms. The number of rotatable bonds is 2. The van der Waals surface area contributed by atoms with Crippen LogP contribution in [0.4, 0.5) is 4.79 Å². The molecule has 2 heterocycles. The highest BCUT2D eigenvalue weighted by Gasteiger charge is 2.61. The lowest BCUT2D eigenvalue weighted by Gasteiger charge is -2.27. The van der Waals surface area contributed by atoms with Gasteiger partial charge in [-0.3, -0.25) is 9.59 Å². The summed E-state index contributed by atoms with van der Waals surface area (Å²) in [7, 11) is 1.23. The molecule has 0 aromatic rings. The van der Waals surface area contributed by atoms with Crippen molar-refractivity contribution in [3.8, 4) is 0 Å². The normalized spacial score (nSPS) is 31.1. The molecule has 1 amide bonds. The highest BCUT2D eigenvalue weighted by atomic mass is 16.6. The van der Waals surface area contributed by atoms with E-state index >= 15 is 0 Å². The molecule has 2 fully saturated rings. The van der Waals surface area contributed by atoms with Crippen LogP contribution < -0.4 is 0 Å². The minimum absolute atomic E-state index is 0.460. The van der Waals surface area contributed by atoms with Gasteiger partial charge < -0.3 is 19.5 Å². The van der Waals surface area contributed by atoms with Gasteiger partial charge in [0.25, 0.3) is 0 Å². The topological polar surface area (TPSA) is 93.1 Å². The highest BCUT2D eigenvalue weighted by Crippen LogP contribution is 2.47. The molecular weight excluding hydrogens is 278 g/mol. The van der Waals surface area contributed by atoms with Gasteiger partial charge in [-0.15, -0.1) is 0 Å². The molecule has 2 rings (SSSR count). The number of esters is 1. The van der Waals surface area contributed by atoms with Gasteiger partial charge in [-0.2, -0.15) is 0 Å². The lowest BCUT2D eigenvalue weighted by Crippen LogP contribution is -2.41. The fourth-order valence-electron chi connectivity index (χ4n) is 3.39. The first kappa shape index (κ1) is 15.6. The molecule has 2 aliphatic rings.